The van der Waals surface area contributed by atoms with E-state index in [1.54, 1.807) is 0 Å². The highest BCUT2D eigenvalue weighted by Gasteiger charge is 2.12. The number of hydrogen-bond donors (Lipinski definition) is 0. The molecule has 1 aromatic carbocycles. The largest absolute Gasteiger partial charge is 0.347 e. The normalized spacial score (nSPS) is 10.9. The summed E-state index contributed by atoms with van der Waals surface area (Å²) in [7, 11) is 2.00. The lowest BCUT2D eigenvalue weighted by atomic mass is 10.1. The van der Waals surface area contributed by atoms with Crippen molar-refractivity contribution in [2.75, 3.05) is 0 Å². The maximum Gasteiger partial charge on any atom is 0.152 e. The minimum atomic E-state index is 0.816. The minimum absolute atomic E-state index is 0.816. The highest BCUT2D eigenvalue weighted by Crippen LogP contribution is 2.27. The zero-order valence-corrected chi connectivity index (χ0v) is 10.3. The first-order valence-corrected chi connectivity index (χ1v) is 5.70. The summed E-state index contributed by atoms with van der Waals surface area (Å²) in [6.07, 6.45) is 1.82. The fraction of sp³-hybridized carbons (Fsp3) is 0.250. The summed E-state index contributed by atoms with van der Waals surface area (Å²) in [5, 5.41) is 1.03. The SMILES string of the molecule is CCc1c(C=O)c2cc(Br)ccc2n1C. The third-order valence-corrected chi connectivity index (χ3v) is 3.27. The average molecular weight is 266 g/mol. The van der Waals surface area contributed by atoms with Crippen molar-refractivity contribution in [2.24, 2.45) is 7.05 Å². The van der Waals surface area contributed by atoms with Gasteiger partial charge in [-0.05, 0) is 24.6 Å². The van der Waals surface area contributed by atoms with E-state index >= 15 is 0 Å². The standard InChI is InChI=1S/C12H12BrNO/c1-3-11-10(7-15)9-6-8(13)4-5-12(9)14(11)2/h4-7H,3H2,1-2H3. The van der Waals surface area contributed by atoms with Crippen LogP contribution in [-0.4, -0.2) is 10.9 Å². The summed E-state index contributed by atoms with van der Waals surface area (Å²) in [5.41, 5.74) is 3.02. The van der Waals surface area contributed by atoms with Crippen LogP contribution in [0.2, 0.25) is 0 Å². The Bertz CT molecular complexity index is 528. The molecule has 15 heavy (non-hydrogen) atoms. The van der Waals surface area contributed by atoms with Crippen molar-refractivity contribution < 1.29 is 4.79 Å². The van der Waals surface area contributed by atoms with Crippen molar-refractivity contribution in [3.63, 3.8) is 0 Å². The lowest BCUT2D eigenvalue weighted by Crippen LogP contribution is -1.96. The monoisotopic (exact) mass is 265 g/mol. The zero-order valence-electron chi connectivity index (χ0n) is 8.75. The van der Waals surface area contributed by atoms with Crippen molar-refractivity contribution in [2.45, 2.75) is 13.3 Å². The number of hydrogen-bond acceptors (Lipinski definition) is 1. The molecule has 1 heterocycles. The van der Waals surface area contributed by atoms with Gasteiger partial charge in [0.15, 0.2) is 6.29 Å². The van der Waals surface area contributed by atoms with E-state index < -0.39 is 0 Å². The molecule has 0 amide bonds. The smallest absolute Gasteiger partial charge is 0.152 e. The van der Waals surface area contributed by atoms with Crippen molar-refractivity contribution in [3.05, 3.63) is 33.9 Å². The summed E-state index contributed by atoms with van der Waals surface area (Å²) < 4.78 is 3.09. The highest BCUT2D eigenvalue weighted by molar-refractivity contribution is 9.10. The van der Waals surface area contributed by atoms with Gasteiger partial charge in [-0.2, -0.15) is 0 Å². The number of carbonyl (C=O) groups excluding carboxylic acids is 1. The zero-order chi connectivity index (χ0) is 11.0. The molecule has 0 atom stereocenters. The van der Waals surface area contributed by atoms with Crippen LogP contribution in [-0.2, 0) is 13.5 Å². The van der Waals surface area contributed by atoms with Crippen molar-refractivity contribution in [3.8, 4) is 0 Å². The van der Waals surface area contributed by atoms with E-state index in [9.17, 15) is 4.79 Å². The number of halogens is 1. The van der Waals surface area contributed by atoms with Gasteiger partial charge in [0.1, 0.15) is 0 Å². The van der Waals surface area contributed by atoms with E-state index in [1.807, 2.05) is 25.2 Å². The van der Waals surface area contributed by atoms with Gasteiger partial charge in [-0.1, -0.05) is 22.9 Å². The molecule has 0 spiro atoms. The Morgan fingerprint density at radius 1 is 1.47 bits per heavy atom. The number of nitrogens with zero attached hydrogens (tertiary/aromatic N) is 1. The molecule has 2 rings (SSSR count). The van der Waals surface area contributed by atoms with Gasteiger partial charge in [0.2, 0.25) is 0 Å². The third-order valence-electron chi connectivity index (χ3n) is 2.78. The summed E-state index contributed by atoms with van der Waals surface area (Å²) in [4.78, 5) is 11.1. The van der Waals surface area contributed by atoms with Crippen molar-refractivity contribution >= 4 is 33.1 Å². The molecule has 0 saturated carbocycles. The van der Waals surface area contributed by atoms with Gasteiger partial charge in [0.05, 0.1) is 0 Å². The van der Waals surface area contributed by atoms with Crippen LogP contribution in [0.1, 0.15) is 23.0 Å². The number of rotatable bonds is 2. The number of benzene rings is 1. The van der Waals surface area contributed by atoms with Gasteiger partial charge in [-0.25, -0.2) is 0 Å². The van der Waals surface area contributed by atoms with E-state index in [-0.39, 0.29) is 0 Å². The van der Waals surface area contributed by atoms with Gasteiger partial charge in [-0.3, -0.25) is 4.79 Å². The van der Waals surface area contributed by atoms with E-state index in [1.165, 1.54) is 0 Å². The second-order valence-corrected chi connectivity index (χ2v) is 4.47. The molecule has 1 aromatic heterocycles. The summed E-state index contributed by atoms with van der Waals surface area (Å²) in [6.45, 7) is 2.07. The second-order valence-electron chi connectivity index (χ2n) is 3.55. The molecule has 0 aliphatic carbocycles. The lowest BCUT2D eigenvalue weighted by Gasteiger charge is -2.00. The molecular weight excluding hydrogens is 254 g/mol. The topological polar surface area (TPSA) is 22.0 Å². The summed E-state index contributed by atoms with van der Waals surface area (Å²) >= 11 is 3.43. The van der Waals surface area contributed by atoms with Crippen LogP contribution in [0.15, 0.2) is 22.7 Å². The fourth-order valence-corrected chi connectivity index (χ4v) is 2.42. The second kappa shape index (κ2) is 3.81. The van der Waals surface area contributed by atoms with E-state index in [0.717, 1.165) is 39.3 Å². The molecule has 2 nitrogen and oxygen atoms in total. The van der Waals surface area contributed by atoms with Crippen LogP contribution in [0.3, 0.4) is 0 Å². The molecule has 0 fully saturated rings. The van der Waals surface area contributed by atoms with Crippen LogP contribution in [0.4, 0.5) is 0 Å². The number of fused-ring (bicyclic) bond motifs is 1. The molecule has 0 unspecified atom stereocenters. The molecule has 0 bridgehead atoms. The first-order chi connectivity index (χ1) is 7.19. The Kier molecular flexibility index (Phi) is 2.65. The Morgan fingerprint density at radius 2 is 2.20 bits per heavy atom. The Balaban J connectivity index is 2.91. The minimum Gasteiger partial charge on any atom is -0.347 e. The maximum absolute atomic E-state index is 11.1. The molecule has 0 saturated heterocycles. The molecular formula is C12H12BrNO. The molecule has 78 valence electrons. The first kappa shape index (κ1) is 10.4. The Morgan fingerprint density at radius 3 is 2.80 bits per heavy atom. The lowest BCUT2D eigenvalue weighted by molar-refractivity contribution is 0.112. The fourth-order valence-electron chi connectivity index (χ4n) is 2.06. The predicted octanol–water partition coefficient (Wildman–Crippen LogP) is 3.32. The van der Waals surface area contributed by atoms with Crippen LogP contribution >= 0.6 is 15.9 Å². The van der Waals surface area contributed by atoms with Crippen LogP contribution in [0.5, 0.6) is 0 Å². The molecule has 0 aliphatic rings. The van der Waals surface area contributed by atoms with Crippen LogP contribution in [0, 0.1) is 0 Å². The molecule has 0 radical (unpaired) electrons. The highest BCUT2D eigenvalue weighted by atomic mass is 79.9. The van der Waals surface area contributed by atoms with E-state index in [2.05, 4.69) is 27.4 Å². The van der Waals surface area contributed by atoms with Crippen molar-refractivity contribution in [1.82, 2.24) is 4.57 Å². The van der Waals surface area contributed by atoms with E-state index in [4.69, 9.17) is 0 Å². The number of aryl methyl sites for hydroxylation is 1. The van der Waals surface area contributed by atoms with Crippen LogP contribution in [0.25, 0.3) is 10.9 Å². The van der Waals surface area contributed by atoms with E-state index in [0.29, 0.717) is 0 Å². The molecule has 3 heteroatoms. The predicted molar refractivity (Wildman–Crippen MR) is 65.4 cm³/mol. The third kappa shape index (κ3) is 1.51. The number of aldehydes is 1. The van der Waals surface area contributed by atoms with Gasteiger partial charge < -0.3 is 4.57 Å². The Labute approximate surface area is 97.0 Å². The maximum atomic E-state index is 11.1. The number of aromatic nitrogens is 1. The molecule has 2 aromatic rings. The van der Waals surface area contributed by atoms with Gasteiger partial charge >= 0.3 is 0 Å². The average Bonchev–Trinajstić information content (AvgIpc) is 2.50. The Hall–Kier alpha value is -1.09. The van der Waals surface area contributed by atoms with Gasteiger partial charge in [-0.15, -0.1) is 0 Å². The number of carbonyl (C=O) groups is 1. The summed E-state index contributed by atoms with van der Waals surface area (Å²) in [6, 6.07) is 6.03. The van der Waals surface area contributed by atoms with Crippen molar-refractivity contribution in [1.29, 1.82) is 0 Å². The molecule has 0 aliphatic heterocycles. The van der Waals surface area contributed by atoms with Crippen LogP contribution < -0.4 is 0 Å². The quantitative estimate of drug-likeness (QED) is 0.764. The van der Waals surface area contributed by atoms with Gasteiger partial charge in [0.25, 0.3) is 0 Å². The summed E-state index contributed by atoms with van der Waals surface area (Å²) in [5.74, 6) is 0. The first-order valence-electron chi connectivity index (χ1n) is 4.91. The molecule has 0 N–H and O–H groups in total. The van der Waals surface area contributed by atoms with Gasteiger partial charge in [0, 0.05) is 33.7 Å².